The number of benzene rings is 1. The number of carbonyl (C=O) groups is 1. The number of methoxy groups -OCH3 is 1. The number of rotatable bonds is 2. The summed E-state index contributed by atoms with van der Waals surface area (Å²) in [6.45, 7) is 0. The third kappa shape index (κ3) is 1.92. The zero-order valence-corrected chi connectivity index (χ0v) is 7.47. The van der Waals surface area contributed by atoms with Gasteiger partial charge in [0.05, 0.1) is 7.11 Å². The molecule has 0 aliphatic heterocycles. The summed E-state index contributed by atoms with van der Waals surface area (Å²) in [5.74, 6) is 0.506. The first-order chi connectivity index (χ1) is 5.77. The number of nitrogens with one attached hydrogen (secondary N) is 1. The van der Waals surface area contributed by atoms with Crippen LogP contribution in [0, 0.1) is 0 Å². The summed E-state index contributed by atoms with van der Waals surface area (Å²) < 4.78 is 7.17. The van der Waals surface area contributed by atoms with E-state index in [0.717, 1.165) is 5.75 Å². The Balaban J connectivity index is 2.84. The monoisotopic (exact) mass is 183 g/mol. The minimum Gasteiger partial charge on any atom is -0.497 e. The Hall–Kier alpha value is -1.16. The van der Waals surface area contributed by atoms with Crippen LogP contribution >= 0.6 is 12.8 Å². The summed E-state index contributed by atoms with van der Waals surface area (Å²) in [5, 5.41) is 0. The smallest absolute Gasteiger partial charge is 0.260 e. The highest BCUT2D eigenvalue weighted by Crippen LogP contribution is 2.10. The maximum atomic E-state index is 11.0. The van der Waals surface area contributed by atoms with E-state index in [-0.39, 0.29) is 5.91 Å². The highest BCUT2D eigenvalue weighted by Gasteiger charge is 2.01. The second-order valence-corrected chi connectivity index (χ2v) is 2.39. The van der Waals surface area contributed by atoms with Gasteiger partial charge in [-0.3, -0.25) is 9.52 Å². The maximum Gasteiger partial charge on any atom is 0.260 e. The van der Waals surface area contributed by atoms with Crippen LogP contribution in [0.15, 0.2) is 24.3 Å². The molecule has 12 heavy (non-hydrogen) atoms. The maximum absolute atomic E-state index is 11.0. The average Bonchev–Trinajstić information content (AvgIpc) is 2.17. The van der Waals surface area contributed by atoms with Crippen molar-refractivity contribution in [2.45, 2.75) is 0 Å². The minimum atomic E-state index is -0.221. The average molecular weight is 183 g/mol. The fourth-order valence-corrected chi connectivity index (χ4v) is 0.936. The first-order valence-electron chi connectivity index (χ1n) is 3.36. The fraction of sp³-hybridized carbons (Fsp3) is 0.125. The molecule has 3 nitrogen and oxygen atoms in total. The largest absolute Gasteiger partial charge is 0.497 e. The molecule has 1 N–H and O–H groups in total. The molecule has 0 saturated heterocycles. The molecular formula is C8H9NO2S. The van der Waals surface area contributed by atoms with Gasteiger partial charge in [0.1, 0.15) is 5.75 Å². The lowest BCUT2D eigenvalue weighted by Crippen LogP contribution is -2.11. The molecule has 0 spiro atoms. The third-order valence-corrected chi connectivity index (χ3v) is 1.66. The number of thiol groups is 1. The number of ether oxygens (including phenoxy) is 1. The van der Waals surface area contributed by atoms with E-state index in [2.05, 4.69) is 17.5 Å². The molecule has 0 heterocycles. The van der Waals surface area contributed by atoms with E-state index in [4.69, 9.17) is 4.74 Å². The van der Waals surface area contributed by atoms with Gasteiger partial charge in [0.2, 0.25) is 0 Å². The zero-order chi connectivity index (χ0) is 8.97. The zero-order valence-electron chi connectivity index (χ0n) is 6.57. The second kappa shape index (κ2) is 4.01. The predicted octanol–water partition coefficient (Wildman–Crippen LogP) is 1.27. The van der Waals surface area contributed by atoms with Gasteiger partial charge in [0.25, 0.3) is 5.91 Å². The Morgan fingerprint density at radius 1 is 1.42 bits per heavy atom. The lowest BCUT2D eigenvalue weighted by molar-refractivity contribution is 0.0985. The molecule has 1 aromatic carbocycles. The molecule has 0 unspecified atom stereocenters. The fourth-order valence-electron chi connectivity index (χ4n) is 0.807. The van der Waals surface area contributed by atoms with Crippen LogP contribution < -0.4 is 9.46 Å². The Morgan fingerprint density at radius 3 is 2.42 bits per heavy atom. The van der Waals surface area contributed by atoms with Crippen LogP contribution in [0.3, 0.4) is 0 Å². The molecule has 0 aliphatic rings. The Labute approximate surface area is 76.3 Å². The highest BCUT2D eigenvalue weighted by molar-refractivity contribution is 7.78. The topological polar surface area (TPSA) is 38.3 Å². The van der Waals surface area contributed by atoms with Crippen molar-refractivity contribution in [2.75, 3.05) is 7.11 Å². The Kier molecular flexibility index (Phi) is 2.99. The van der Waals surface area contributed by atoms with Crippen LogP contribution in [-0.4, -0.2) is 13.0 Å². The highest BCUT2D eigenvalue weighted by atomic mass is 32.1. The standard InChI is InChI=1S/C8H9NO2S/c1-11-7-4-2-6(3-5-7)8(10)9-12/h2-5,12H,1H3,(H,9,10). The van der Waals surface area contributed by atoms with Gasteiger partial charge in [-0.2, -0.15) is 0 Å². The second-order valence-electron chi connectivity index (χ2n) is 2.17. The van der Waals surface area contributed by atoms with E-state index < -0.39 is 0 Å². The molecule has 0 aromatic heterocycles. The van der Waals surface area contributed by atoms with Crippen molar-refractivity contribution in [3.8, 4) is 5.75 Å². The molecule has 0 aliphatic carbocycles. The van der Waals surface area contributed by atoms with Crippen molar-refractivity contribution in [3.05, 3.63) is 29.8 Å². The van der Waals surface area contributed by atoms with Crippen LogP contribution in [0.5, 0.6) is 5.75 Å². The first-order valence-corrected chi connectivity index (χ1v) is 3.81. The summed E-state index contributed by atoms with van der Waals surface area (Å²) in [6, 6.07) is 6.78. The van der Waals surface area contributed by atoms with Gasteiger partial charge in [-0.05, 0) is 24.3 Å². The molecular weight excluding hydrogens is 174 g/mol. The van der Waals surface area contributed by atoms with Gasteiger partial charge in [-0.1, -0.05) is 12.8 Å². The summed E-state index contributed by atoms with van der Waals surface area (Å²) in [6.07, 6.45) is 0. The van der Waals surface area contributed by atoms with Gasteiger partial charge in [-0.15, -0.1) is 0 Å². The van der Waals surface area contributed by atoms with Gasteiger partial charge in [-0.25, -0.2) is 0 Å². The number of hydrogen-bond acceptors (Lipinski definition) is 3. The molecule has 1 aromatic rings. The lowest BCUT2D eigenvalue weighted by Gasteiger charge is -2.00. The summed E-state index contributed by atoms with van der Waals surface area (Å²) in [5.41, 5.74) is 0.561. The van der Waals surface area contributed by atoms with Crippen molar-refractivity contribution in [2.24, 2.45) is 0 Å². The lowest BCUT2D eigenvalue weighted by atomic mass is 10.2. The molecule has 0 saturated carbocycles. The molecule has 0 bridgehead atoms. The van der Waals surface area contributed by atoms with E-state index in [9.17, 15) is 4.79 Å². The van der Waals surface area contributed by atoms with Crippen LogP contribution in [0.25, 0.3) is 0 Å². The van der Waals surface area contributed by atoms with Gasteiger partial charge in [0.15, 0.2) is 0 Å². The first kappa shape index (κ1) is 8.93. The molecule has 0 atom stereocenters. The molecule has 1 amide bonds. The van der Waals surface area contributed by atoms with E-state index >= 15 is 0 Å². The number of amides is 1. The molecule has 1 rings (SSSR count). The van der Waals surface area contributed by atoms with Crippen LogP contribution in [0.2, 0.25) is 0 Å². The van der Waals surface area contributed by atoms with Crippen molar-refractivity contribution < 1.29 is 9.53 Å². The summed E-state index contributed by atoms with van der Waals surface area (Å²) in [4.78, 5) is 11.0. The van der Waals surface area contributed by atoms with E-state index in [0.29, 0.717) is 5.56 Å². The quantitative estimate of drug-likeness (QED) is 0.678. The van der Waals surface area contributed by atoms with Crippen molar-refractivity contribution in [1.82, 2.24) is 4.72 Å². The molecule has 0 radical (unpaired) electrons. The number of carbonyl (C=O) groups excluding carboxylic acids is 1. The van der Waals surface area contributed by atoms with E-state index in [1.54, 1.807) is 31.4 Å². The SMILES string of the molecule is COc1ccc(C(=O)NS)cc1. The molecule has 0 fully saturated rings. The van der Waals surface area contributed by atoms with Gasteiger partial charge in [0, 0.05) is 5.56 Å². The van der Waals surface area contributed by atoms with Crippen LogP contribution in [0.4, 0.5) is 0 Å². The van der Waals surface area contributed by atoms with Gasteiger partial charge < -0.3 is 4.74 Å². The number of hydrogen-bond donors (Lipinski definition) is 2. The minimum absolute atomic E-state index is 0.221. The van der Waals surface area contributed by atoms with E-state index in [1.807, 2.05) is 0 Å². The molecule has 4 heteroatoms. The van der Waals surface area contributed by atoms with Crippen molar-refractivity contribution >= 4 is 18.7 Å². The van der Waals surface area contributed by atoms with Crippen LogP contribution in [0.1, 0.15) is 10.4 Å². The Bertz CT molecular complexity index is 271. The van der Waals surface area contributed by atoms with Crippen molar-refractivity contribution in [3.63, 3.8) is 0 Å². The molecule has 64 valence electrons. The summed E-state index contributed by atoms with van der Waals surface area (Å²) >= 11 is 3.64. The van der Waals surface area contributed by atoms with Crippen molar-refractivity contribution in [1.29, 1.82) is 0 Å². The summed E-state index contributed by atoms with van der Waals surface area (Å²) in [7, 11) is 1.58. The van der Waals surface area contributed by atoms with Crippen LogP contribution in [-0.2, 0) is 0 Å². The normalized spacial score (nSPS) is 9.17. The Morgan fingerprint density at radius 2 is 2.00 bits per heavy atom. The third-order valence-electron chi connectivity index (χ3n) is 1.45. The van der Waals surface area contributed by atoms with Gasteiger partial charge >= 0.3 is 0 Å². The predicted molar refractivity (Wildman–Crippen MR) is 49.4 cm³/mol. The van der Waals surface area contributed by atoms with E-state index in [1.165, 1.54) is 0 Å².